The van der Waals surface area contributed by atoms with Crippen molar-refractivity contribution in [1.82, 2.24) is 14.7 Å². The molecule has 0 spiro atoms. The van der Waals surface area contributed by atoms with E-state index in [0.717, 1.165) is 22.5 Å². The Labute approximate surface area is 196 Å². The summed E-state index contributed by atoms with van der Waals surface area (Å²) in [7, 11) is 0. The van der Waals surface area contributed by atoms with Crippen LogP contribution < -0.4 is 5.32 Å². The van der Waals surface area contributed by atoms with Crippen LogP contribution in [-0.2, 0) is 21.4 Å². The highest BCUT2D eigenvalue weighted by Crippen LogP contribution is 2.26. The van der Waals surface area contributed by atoms with Crippen molar-refractivity contribution in [3.8, 4) is 5.69 Å². The van der Waals surface area contributed by atoms with E-state index in [1.165, 1.54) is 0 Å². The van der Waals surface area contributed by atoms with Crippen molar-refractivity contribution < 1.29 is 9.59 Å². The molecular weight excluding hydrogens is 412 g/mol. The average Bonchev–Trinajstić information content (AvgIpc) is 3.21. The first-order valence-electron chi connectivity index (χ1n) is 11.5. The maximum absolute atomic E-state index is 12.9. The summed E-state index contributed by atoms with van der Waals surface area (Å²) in [6.07, 6.45) is 1.04. The zero-order chi connectivity index (χ0) is 24.0. The third-order valence-electron chi connectivity index (χ3n) is 5.53. The molecule has 6 heteroatoms. The Kier molecular flexibility index (Phi) is 7.69. The molecular formula is C27H34N4O2. The highest BCUT2D eigenvalue weighted by Gasteiger charge is 2.22. The summed E-state index contributed by atoms with van der Waals surface area (Å²) in [5.41, 5.74) is 3.82. The number of nitrogens with one attached hydrogen (secondary N) is 1. The maximum Gasteiger partial charge on any atom is 0.245 e. The predicted molar refractivity (Wildman–Crippen MR) is 133 cm³/mol. The van der Waals surface area contributed by atoms with Gasteiger partial charge < -0.3 is 10.2 Å². The molecule has 6 nitrogen and oxygen atoms in total. The summed E-state index contributed by atoms with van der Waals surface area (Å²) in [5.74, 6) is 0.335. The van der Waals surface area contributed by atoms with Crippen LogP contribution in [-0.4, -0.2) is 39.6 Å². The van der Waals surface area contributed by atoms with E-state index in [9.17, 15) is 9.59 Å². The van der Waals surface area contributed by atoms with Gasteiger partial charge >= 0.3 is 0 Å². The molecule has 0 aliphatic carbocycles. The lowest BCUT2D eigenvalue weighted by Gasteiger charge is -2.20. The van der Waals surface area contributed by atoms with Crippen LogP contribution in [0, 0.1) is 6.92 Å². The molecule has 2 amide bonds. The maximum atomic E-state index is 12.9. The first-order chi connectivity index (χ1) is 15.7. The molecule has 1 heterocycles. The van der Waals surface area contributed by atoms with Crippen molar-refractivity contribution in [2.45, 2.75) is 52.9 Å². The fourth-order valence-corrected chi connectivity index (χ4v) is 3.58. The molecule has 0 radical (unpaired) electrons. The minimum Gasteiger partial charge on any atom is -0.334 e. The number of carbonyl (C=O) groups is 2. The minimum absolute atomic E-state index is 0.00791. The molecule has 3 aromatic rings. The summed E-state index contributed by atoms with van der Waals surface area (Å²) >= 11 is 0. The van der Waals surface area contributed by atoms with Gasteiger partial charge in [0.2, 0.25) is 11.8 Å². The lowest BCUT2D eigenvalue weighted by Crippen LogP contribution is -2.38. The standard InChI is InChI=1S/C27H34N4O2/c1-6-30(26(33)16-15-21-12-8-7-9-13-21)19-25(32)28-24-18-23(27(3,4)5)29-31(24)22-14-10-11-20(2)17-22/h7-14,17-18H,6,15-16,19H2,1-5H3,(H,28,32). The van der Waals surface area contributed by atoms with E-state index in [0.29, 0.717) is 25.2 Å². The van der Waals surface area contributed by atoms with Gasteiger partial charge in [0.25, 0.3) is 0 Å². The summed E-state index contributed by atoms with van der Waals surface area (Å²) in [4.78, 5) is 27.2. The molecule has 0 aliphatic rings. The molecule has 174 valence electrons. The number of hydrogen-bond acceptors (Lipinski definition) is 3. The third kappa shape index (κ3) is 6.54. The van der Waals surface area contributed by atoms with Crippen molar-refractivity contribution in [2.24, 2.45) is 0 Å². The number of nitrogens with zero attached hydrogens (tertiary/aromatic N) is 3. The van der Waals surface area contributed by atoms with Crippen LogP contribution in [0.1, 0.15) is 50.9 Å². The van der Waals surface area contributed by atoms with Gasteiger partial charge in [-0.15, -0.1) is 0 Å². The molecule has 0 aliphatic heterocycles. The SMILES string of the molecule is CCN(CC(=O)Nc1cc(C(C)(C)C)nn1-c1cccc(C)c1)C(=O)CCc1ccccc1. The molecule has 0 bridgehead atoms. The van der Waals surface area contributed by atoms with Crippen molar-refractivity contribution >= 4 is 17.6 Å². The monoisotopic (exact) mass is 446 g/mol. The lowest BCUT2D eigenvalue weighted by atomic mass is 9.92. The molecule has 33 heavy (non-hydrogen) atoms. The van der Waals surface area contributed by atoms with Gasteiger partial charge in [0, 0.05) is 24.4 Å². The Morgan fingerprint density at radius 3 is 2.39 bits per heavy atom. The lowest BCUT2D eigenvalue weighted by molar-refractivity contribution is -0.134. The average molecular weight is 447 g/mol. The topological polar surface area (TPSA) is 67.2 Å². The zero-order valence-corrected chi connectivity index (χ0v) is 20.3. The number of hydrogen-bond donors (Lipinski definition) is 1. The van der Waals surface area contributed by atoms with Gasteiger partial charge in [0.15, 0.2) is 0 Å². The largest absolute Gasteiger partial charge is 0.334 e. The van der Waals surface area contributed by atoms with E-state index in [1.807, 2.05) is 74.5 Å². The number of benzene rings is 2. The Morgan fingerprint density at radius 1 is 1.03 bits per heavy atom. The molecule has 0 atom stereocenters. The Hall–Kier alpha value is -3.41. The van der Waals surface area contributed by atoms with E-state index in [-0.39, 0.29) is 23.8 Å². The van der Waals surface area contributed by atoms with Gasteiger partial charge in [-0.1, -0.05) is 63.2 Å². The van der Waals surface area contributed by atoms with Gasteiger partial charge in [0.1, 0.15) is 5.82 Å². The zero-order valence-electron chi connectivity index (χ0n) is 20.3. The summed E-state index contributed by atoms with van der Waals surface area (Å²) < 4.78 is 1.76. The van der Waals surface area contributed by atoms with Gasteiger partial charge in [-0.05, 0) is 43.5 Å². The number of aromatic nitrogens is 2. The number of amides is 2. The van der Waals surface area contributed by atoms with Gasteiger partial charge in [-0.25, -0.2) is 4.68 Å². The highest BCUT2D eigenvalue weighted by molar-refractivity contribution is 5.94. The molecule has 0 saturated heterocycles. The Morgan fingerprint density at radius 2 is 1.76 bits per heavy atom. The van der Waals surface area contributed by atoms with Crippen LogP contribution in [0.4, 0.5) is 5.82 Å². The van der Waals surface area contributed by atoms with Crippen molar-refractivity contribution in [3.05, 3.63) is 77.5 Å². The summed E-state index contributed by atoms with van der Waals surface area (Å²) in [5, 5.41) is 7.75. The second kappa shape index (κ2) is 10.5. The van der Waals surface area contributed by atoms with E-state index in [2.05, 4.69) is 26.1 Å². The van der Waals surface area contributed by atoms with Crippen molar-refractivity contribution in [3.63, 3.8) is 0 Å². The number of aryl methyl sites for hydroxylation is 2. The van der Waals surface area contributed by atoms with Gasteiger partial charge in [0.05, 0.1) is 17.9 Å². The van der Waals surface area contributed by atoms with E-state index < -0.39 is 0 Å². The second-order valence-electron chi connectivity index (χ2n) is 9.36. The van der Waals surface area contributed by atoms with Crippen molar-refractivity contribution in [1.29, 1.82) is 0 Å². The normalized spacial score (nSPS) is 11.3. The van der Waals surface area contributed by atoms with Crippen LogP contribution in [0.2, 0.25) is 0 Å². The first-order valence-corrected chi connectivity index (χ1v) is 11.5. The van der Waals surface area contributed by atoms with Crippen LogP contribution in [0.3, 0.4) is 0 Å². The molecule has 3 rings (SSSR count). The van der Waals surface area contributed by atoms with E-state index in [1.54, 1.807) is 9.58 Å². The Balaban J connectivity index is 1.73. The number of anilines is 1. The van der Waals surface area contributed by atoms with Crippen molar-refractivity contribution in [2.75, 3.05) is 18.4 Å². The fraction of sp³-hybridized carbons (Fsp3) is 0.370. The van der Waals surface area contributed by atoms with Gasteiger partial charge in [-0.3, -0.25) is 9.59 Å². The smallest absolute Gasteiger partial charge is 0.245 e. The van der Waals surface area contributed by atoms with Crippen LogP contribution in [0.25, 0.3) is 5.69 Å². The van der Waals surface area contributed by atoms with Crippen LogP contribution >= 0.6 is 0 Å². The van der Waals surface area contributed by atoms with Crippen LogP contribution in [0.5, 0.6) is 0 Å². The quantitative estimate of drug-likeness (QED) is 0.535. The summed E-state index contributed by atoms with van der Waals surface area (Å²) in [6.45, 7) is 10.7. The highest BCUT2D eigenvalue weighted by atomic mass is 16.2. The second-order valence-corrected chi connectivity index (χ2v) is 9.36. The molecule has 0 unspecified atom stereocenters. The molecule has 0 saturated carbocycles. The van der Waals surface area contributed by atoms with E-state index in [4.69, 9.17) is 5.10 Å². The summed E-state index contributed by atoms with van der Waals surface area (Å²) in [6, 6.07) is 19.8. The number of carbonyl (C=O) groups excluding carboxylic acids is 2. The number of rotatable bonds is 8. The Bertz CT molecular complexity index is 1100. The number of likely N-dealkylation sites (N-methyl/N-ethyl adjacent to an activating group) is 1. The van der Waals surface area contributed by atoms with E-state index >= 15 is 0 Å². The third-order valence-corrected chi connectivity index (χ3v) is 5.53. The van der Waals surface area contributed by atoms with Crippen LogP contribution in [0.15, 0.2) is 60.7 Å². The van der Waals surface area contributed by atoms with Gasteiger partial charge in [-0.2, -0.15) is 5.10 Å². The first kappa shape index (κ1) is 24.2. The molecule has 1 N–H and O–H groups in total. The predicted octanol–water partition coefficient (Wildman–Crippen LogP) is 4.90. The fourth-order valence-electron chi connectivity index (χ4n) is 3.58. The molecule has 1 aromatic heterocycles. The molecule has 2 aromatic carbocycles. The molecule has 0 fully saturated rings. The minimum atomic E-state index is -0.237.